The fraction of sp³-hybridized carbons (Fsp3) is 0.235. The predicted octanol–water partition coefficient (Wildman–Crippen LogP) is 4.19. The van der Waals surface area contributed by atoms with Crippen molar-refractivity contribution in [3.8, 4) is 23.0 Å². The minimum atomic E-state index is 0.646. The Hall–Kier alpha value is -2.16. The van der Waals surface area contributed by atoms with Crippen LogP contribution >= 0.6 is 0 Å². The summed E-state index contributed by atoms with van der Waals surface area (Å²) in [5, 5.41) is 0. The summed E-state index contributed by atoms with van der Waals surface area (Å²) in [5.41, 5.74) is 2.12. The number of ether oxygens (including phenoxy) is 3. The summed E-state index contributed by atoms with van der Waals surface area (Å²) in [4.78, 5) is 0. The molecule has 20 heavy (non-hydrogen) atoms. The average Bonchev–Trinajstić information content (AvgIpc) is 2.46. The Balaban J connectivity index is 1.90. The lowest BCUT2D eigenvalue weighted by Crippen LogP contribution is -2.03. The van der Waals surface area contributed by atoms with Crippen molar-refractivity contribution in [2.45, 2.75) is 13.8 Å². The van der Waals surface area contributed by atoms with E-state index in [4.69, 9.17) is 14.2 Å². The van der Waals surface area contributed by atoms with Gasteiger partial charge in [-0.3, -0.25) is 0 Å². The van der Waals surface area contributed by atoms with Crippen LogP contribution < -0.4 is 14.2 Å². The summed E-state index contributed by atoms with van der Waals surface area (Å²) in [6.07, 6.45) is 2.11. The van der Waals surface area contributed by atoms with Gasteiger partial charge in [-0.1, -0.05) is 12.1 Å². The number of fused-ring (bicyclic) bond motifs is 2. The molecular weight excluding hydrogens is 252 g/mol. The van der Waals surface area contributed by atoms with E-state index in [1.165, 1.54) is 0 Å². The van der Waals surface area contributed by atoms with Gasteiger partial charge in [0.05, 0.1) is 13.2 Å². The highest BCUT2D eigenvalue weighted by molar-refractivity contribution is 5.59. The molecule has 0 saturated carbocycles. The predicted molar refractivity (Wildman–Crippen MR) is 77.8 cm³/mol. The van der Waals surface area contributed by atoms with Crippen molar-refractivity contribution in [2.24, 2.45) is 0 Å². The van der Waals surface area contributed by atoms with Crippen LogP contribution in [0, 0.1) is 6.42 Å². The number of hydrogen-bond donors (Lipinski definition) is 0. The van der Waals surface area contributed by atoms with Gasteiger partial charge in [0.2, 0.25) is 0 Å². The molecule has 3 heteroatoms. The second kappa shape index (κ2) is 5.45. The smallest absolute Gasteiger partial charge is 0.134 e. The zero-order valence-corrected chi connectivity index (χ0v) is 11.7. The lowest BCUT2D eigenvalue weighted by molar-refractivity contribution is 0.335. The van der Waals surface area contributed by atoms with Crippen molar-refractivity contribution in [3.05, 3.63) is 53.9 Å². The SMILES string of the molecule is CCOc1ccc2c(c1)Oc1cc(OCC)ccc1[CH]2. The molecule has 0 bridgehead atoms. The Bertz CT molecular complexity index is 566. The van der Waals surface area contributed by atoms with E-state index in [0.29, 0.717) is 13.2 Å². The molecule has 1 heterocycles. The van der Waals surface area contributed by atoms with Crippen LogP contribution in [0.15, 0.2) is 36.4 Å². The fourth-order valence-corrected chi connectivity index (χ4v) is 2.24. The second-order valence-corrected chi connectivity index (χ2v) is 4.51. The van der Waals surface area contributed by atoms with E-state index in [9.17, 15) is 0 Å². The third-order valence-corrected chi connectivity index (χ3v) is 3.12. The van der Waals surface area contributed by atoms with E-state index in [1.807, 2.05) is 50.2 Å². The van der Waals surface area contributed by atoms with Crippen LogP contribution in [-0.4, -0.2) is 13.2 Å². The molecule has 1 aliphatic rings. The molecule has 3 rings (SSSR count). The first-order chi connectivity index (χ1) is 9.80. The van der Waals surface area contributed by atoms with E-state index < -0.39 is 0 Å². The molecule has 0 fully saturated rings. The summed E-state index contributed by atoms with van der Waals surface area (Å²) < 4.78 is 17.0. The van der Waals surface area contributed by atoms with Gasteiger partial charge in [-0.2, -0.15) is 0 Å². The standard InChI is InChI=1S/C17H17O3/c1-3-18-14-7-5-12-9-13-6-8-15(19-4-2)11-17(13)20-16(12)10-14/h5-11H,3-4H2,1-2H3. The van der Waals surface area contributed by atoms with Crippen molar-refractivity contribution in [2.75, 3.05) is 13.2 Å². The maximum atomic E-state index is 5.96. The summed E-state index contributed by atoms with van der Waals surface area (Å²) in [6, 6.07) is 11.8. The fourth-order valence-electron chi connectivity index (χ4n) is 2.24. The topological polar surface area (TPSA) is 27.7 Å². The van der Waals surface area contributed by atoms with Gasteiger partial charge in [-0.15, -0.1) is 0 Å². The first kappa shape index (κ1) is 12.9. The monoisotopic (exact) mass is 269 g/mol. The van der Waals surface area contributed by atoms with Crippen LogP contribution in [0.3, 0.4) is 0 Å². The highest BCUT2D eigenvalue weighted by Gasteiger charge is 2.18. The molecule has 0 spiro atoms. The molecule has 3 nitrogen and oxygen atoms in total. The molecule has 2 aromatic carbocycles. The van der Waals surface area contributed by atoms with Crippen LogP contribution in [0.2, 0.25) is 0 Å². The van der Waals surface area contributed by atoms with E-state index in [0.717, 1.165) is 34.1 Å². The second-order valence-electron chi connectivity index (χ2n) is 4.51. The molecule has 1 radical (unpaired) electrons. The number of hydrogen-bond acceptors (Lipinski definition) is 3. The number of rotatable bonds is 4. The quantitative estimate of drug-likeness (QED) is 0.710. The first-order valence-corrected chi connectivity index (χ1v) is 6.86. The Labute approximate surface area is 119 Å². The zero-order chi connectivity index (χ0) is 13.9. The van der Waals surface area contributed by atoms with Gasteiger partial charge >= 0.3 is 0 Å². The normalized spacial score (nSPS) is 12.1. The maximum Gasteiger partial charge on any atom is 0.134 e. The molecule has 0 aromatic heterocycles. The molecule has 0 unspecified atom stereocenters. The van der Waals surface area contributed by atoms with Gasteiger partial charge in [0, 0.05) is 29.7 Å². The maximum absolute atomic E-state index is 5.96. The molecular formula is C17H17O3. The lowest BCUT2D eigenvalue weighted by atomic mass is 10.00. The molecule has 0 N–H and O–H groups in total. The third-order valence-electron chi connectivity index (χ3n) is 3.12. The van der Waals surface area contributed by atoms with Gasteiger partial charge in [0.25, 0.3) is 0 Å². The molecule has 0 amide bonds. The average molecular weight is 269 g/mol. The van der Waals surface area contributed by atoms with Crippen LogP contribution in [0.4, 0.5) is 0 Å². The first-order valence-electron chi connectivity index (χ1n) is 6.86. The highest BCUT2D eigenvalue weighted by Crippen LogP contribution is 2.40. The molecule has 0 aliphatic carbocycles. The van der Waals surface area contributed by atoms with Crippen molar-refractivity contribution in [1.29, 1.82) is 0 Å². The Morgan fingerprint density at radius 2 is 1.30 bits per heavy atom. The van der Waals surface area contributed by atoms with E-state index in [2.05, 4.69) is 6.42 Å². The van der Waals surface area contributed by atoms with Crippen molar-refractivity contribution in [3.63, 3.8) is 0 Å². The van der Waals surface area contributed by atoms with E-state index >= 15 is 0 Å². The Morgan fingerprint density at radius 3 is 1.75 bits per heavy atom. The van der Waals surface area contributed by atoms with Gasteiger partial charge < -0.3 is 14.2 Å². The van der Waals surface area contributed by atoms with Crippen LogP contribution in [0.25, 0.3) is 0 Å². The highest BCUT2D eigenvalue weighted by atomic mass is 16.5. The molecule has 103 valence electrons. The Morgan fingerprint density at radius 1 is 0.800 bits per heavy atom. The van der Waals surface area contributed by atoms with Crippen LogP contribution in [0.1, 0.15) is 25.0 Å². The Kier molecular flexibility index (Phi) is 3.50. The van der Waals surface area contributed by atoms with Gasteiger partial charge in [0.15, 0.2) is 0 Å². The molecule has 2 aromatic rings. The summed E-state index contributed by atoms with van der Waals surface area (Å²) in [6.45, 7) is 5.23. The van der Waals surface area contributed by atoms with Crippen molar-refractivity contribution >= 4 is 0 Å². The summed E-state index contributed by atoms with van der Waals surface area (Å²) in [7, 11) is 0. The van der Waals surface area contributed by atoms with Crippen molar-refractivity contribution in [1.82, 2.24) is 0 Å². The van der Waals surface area contributed by atoms with Gasteiger partial charge in [-0.05, 0) is 26.0 Å². The zero-order valence-electron chi connectivity index (χ0n) is 11.7. The minimum absolute atomic E-state index is 0.646. The van der Waals surface area contributed by atoms with Gasteiger partial charge in [0.1, 0.15) is 23.0 Å². The van der Waals surface area contributed by atoms with E-state index in [1.54, 1.807) is 0 Å². The summed E-state index contributed by atoms with van der Waals surface area (Å²) in [5.74, 6) is 3.28. The summed E-state index contributed by atoms with van der Waals surface area (Å²) >= 11 is 0. The lowest BCUT2D eigenvalue weighted by Gasteiger charge is -2.21. The van der Waals surface area contributed by atoms with Crippen LogP contribution in [0.5, 0.6) is 23.0 Å². The molecule has 0 saturated heterocycles. The molecule has 0 atom stereocenters. The minimum Gasteiger partial charge on any atom is -0.494 e. The van der Waals surface area contributed by atoms with Crippen LogP contribution in [-0.2, 0) is 0 Å². The van der Waals surface area contributed by atoms with Crippen molar-refractivity contribution < 1.29 is 14.2 Å². The van der Waals surface area contributed by atoms with E-state index in [-0.39, 0.29) is 0 Å². The molecule has 1 aliphatic heterocycles. The number of benzene rings is 2. The van der Waals surface area contributed by atoms with Gasteiger partial charge in [-0.25, -0.2) is 0 Å². The third kappa shape index (κ3) is 2.44. The largest absolute Gasteiger partial charge is 0.494 e.